The van der Waals surface area contributed by atoms with Crippen molar-refractivity contribution in [3.8, 4) is 0 Å². The lowest BCUT2D eigenvalue weighted by Gasteiger charge is -2.09. The second-order valence-corrected chi connectivity index (χ2v) is 4.53. The summed E-state index contributed by atoms with van der Waals surface area (Å²) in [6, 6.07) is 0. The van der Waals surface area contributed by atoms with Crippen LogP contribution in [0.15, 0.2) is 6.20 Å². The van der Waals surface area contributed by atoms with E-state index in [2.05, 4.69) is 21.9 Å². The number of rotatable bonds is 4. The van der Waals surface area contributed by atoms with E-state index < -0.39 is 0 Å². The molecule has 0 amide bonds. The SMILES string of the molecule is CCCCCc1cnc2nc(N)nc(N)c2c1C. The average molecular weight is 245 g/mol. The summed E-state index contributed by atoms with van der Waals surface area (Å²) in [7, 11) is 0. The van der Waals surface area contributed by atoms with Crippen LogP contribution in [0.5, 0.6) is 0 Å². The maximum absolute atomic E-state index is 5.91. The number of hydrogen-bond donors (Lipinski definition) is 2. The largest absolute Gasteiger partial charge is 0.383 e. The molecule has 0 saturated heterocycles. The third kappa shape index (κ3) is 2.34. The third-order valence-electron chi connectivity index (χ3n) is 3.18. The minimum atomic E-state index is 0.172. The lowest BCUT2D eigenvalue weighted by molar-refractivity contribution is 0.714. The molecule has 0 aliphatic rings. The molecule has 0 radical (unpaired) electrons. The molecule has 0 aliphatic carbocycles. The number of anilines is 2. The van der Waals surface area contributed by atoms with Crippen molar-refractivity contribution in [1.82, 2.24) is 15.0 Å². The van der Waals surface area contributed by atoms with Crippen molar-refractivity contribution < 1.29 is 0 Å². The van der Waals surface area contributed by atoms with Crippen LogP contribution in [0.25, 0.3) is 11.0 Å². The highest BCUT2D eigenvalue weighted by Gasteiger charge is 2.10. The average Bonchev–Trinajstić information content (AvgIpc) is 2.31. The van der Waals surface area contributed by atoms with Gasteiger partial charge in [0.1, 0.15) is 5.82 Å². The van der Waals surface area contributed by atoms with Gasteiger partial charge in [-0.05, 0) is 30.9 Å². The molecule has 0 saturated carbocycles. The first kappa shape index (κ1) is 12.5. The fraction of sp³-hybridized carbons (Fsp3) is 0.462. The predicted molar refractivity (Wildman–Crippen MR) is 74.1 cm³/mol. The molecule has 0 aliphatic heterocycles. The van der Waals surface area contributed by atoms with Gasteiger partial charge in [0.15, 0.2) is 5.65 Å². The lowest BCUT2D eigenvalue weighted by Crippen LogP contribution is -2.04. The third-order valence-corrected chi connectivity index (χ3v) is 3.18. The number of fused-ring (bicyclic) bond motifs is 1. The molecule has 5 heteroatoms. The molecule has 2 aromatic rings. The molecular formula is C13H19N5. The van der Waals surface area contributed by atoms with Crippen LogP contribution in [-0.4, -0.2) is 15.0 Å². The maximum atomic E-state index is 5.91. The number of nitrogen functional groups attached to an aromatic ring is 2. The van der Waals surface area contributed by atoms with Gasteiger partial charge in [-0.1, -0.05) is 19.8 Å². The summed E-state index contributed by atoms with van der Waals surface area (Å²) in [5.74, 6) is 0.588. The second kappa shape index (κ2) is 5.16. The summed E-state index contributed by atoms with van der Waals surface area (Å²) in [5.41, 5.74) is 14.4. The zero-order valence-corrected chi connectivity index (χ0v) is 10.9. The van der Waals surface area contributed by atoms with Gasteiger partial charge in [-0.15, -0.1) is 0 Å². The molecule has 2 rings (SSSR count). The fourth-order valence-corrected chi connectivity index (χ4v) is 2.15. The Morgan fingerprint density at radius 3 is 2.67 bits per heavy atom. The van der Waals surface area contributed by atoms with E-state index in [1.807, 2.05) is 13.1 Å². The quantitative estimate of drug-likeness (QED) is 0.806. The van der Waals surface area contributed by atoms with Crippen LogP contribution < -0.4 is 11.5 Å². The molecule has 0 atom stereocenters. The molecule has 4 N–H and O–H groups in total. The zero-order valence-electron chi connectivity index (χ0n) is 10.9. The van der Waals surface area contributed by atoms with Crippen molar-refractivity contribution in [3.63, 3.8) is 0 Å². The summed E-state index contributed by atoms with van der Waals surface area (Å²) in [6.07, 6.45) is 6.50. The van der Waals surface area contributed by atoms with E-state index in [0.717, 1.165) is 17.4 Å². The van der Waals surface area contributed by atoms with Gasteiger partial charge in [-0.3, -0.25) is 0 Å². The topological polar surface area (TPSA) is 90.7 Å². The Morgan fingerprint density at radius 1 is 1.17 bits per heavy atom. The first-order valence-corrected chi connectivity index (χ1v) is 6.30. The molecule has 2 heterocycles. The van der Waals surface area contributed by atoms with E-state index in [9.17, 15) is 0 Å². The molecule has 0 fully saturated rings. The molecule has 0 unspecified atom stereocenters. The van der Waals surface area contributed by atoms with Crippen molar-refractivity contribution in [2.45, 2.75) is 39.5 Å². The van der Waals surface area contributed by atoms with Crippen LogP contribution in [0.3, 0.4) is 0 Å². The molecule has 2 aromatic heterocycles. The van der Waals surface area contributed by atoms with Crippen LogP contribution in [0, 0.1) is 6.92 Å². The maximum Gasteiger partial charge on any atom is 0.224 e. The van der Waals surface area contributed by atoms with E-state index in [-0.39, 0.29) is 5.95 Å². The first-order valence-electron chi connectivity index (χ1n) is 6.30. The standard InChI is InChI=1S/C13H19N5/c1-3-4-5-6-9-7-16-12-10(8(9)2)11(14)17-13(15)18-12/h7H,3-6H2,1-2H3,(H4,14,15,16,17,18). The van der Waals surface area contributed by atoms with Gasteiger partial charge in [-0.2, -0.15) is 9.97 Å². The van der Waals surface area contributed by atoms with Crippen LogP contribution in [-0.2, 0) is 6.42 Å². The van der Waals surface area contributed by atoms with Crippen LogP contribution in [0.2, 0.25) is 0 Å². The molecule has 0 spiro atoms. The summed E-state index contributed by atoms with van der Waals surface area (Å²) < 4.78 is 0. The van der Waals surface area contributed by atoms with Gasteiger partial charge in [-0.25, -0.2) is 4.98 Å². The van der Waals surface area contributed by atoms with Gasteiger partial charge in [0.2, 0.25) is 5.95 Å². The highest BCUT2D eigenvalue weighted by molar-refractivity contribution is 5.89. The molecular weight excluding hydrogens is 226 g/mol. The van der Waals surface area contributed by atoms with Crippen LogP contribution >= 0.6 is 0 Å². The first-order chi connectivity index (χ1) is 8.63. The van der Waals surface area contributed by atoms with Crippen LogP contribution in [0.4, 0.5) is 11.8 Å². The summed E-state index contributed by atoms with van der Waals surface area (Å²) in [4.78, 5) is 12.4. The van der Waals surface area contributed by atoms with Gasteiger partial charge in [0.05, 0.1) is 5.39 Å². The minimum Gasteiger partial charge on any atom is -0.383 e. The Morgan fingerprint density at radius 2 is 1.94 bits per heavy atom. The number of nitrogens with zero attached hydrogens (tertiary/aromatic N) is 3. The number of nitrogens with two attached hydrogens (primary N) is 2. The van der Waals surface area contributed by atoms with Gasteiger partial charge in [0, 0.05) is 6.20 Å². The van der Waals surface area contributed by atoms with Gasteiger partial charge >= 0.3 is 0 Å². The van der Waals surface area contributed by atoms with Crippen LogP contribution in [0.1, 0.15) is 37.3 Å². The van der Waals surface area contributed by atoms with Crippen molar-refractivity contribution in [1.29, 1.82) is 0 Å². The number of pyridine rings is 1. The Kier molecular flexibility index (Phi) is 3.60. The minimum absolute atomic E-state index is 0.172. The van der Waals surface area contributed by atoms with Crippen molar-refractivity contribution in [2.24, 2.45) is 0 Å². The fourth-order valence-electron chi connectivity index (χ4n) is 2.15. The summed E-state index contributed by atoms with van der Waals surface area (Å²) in [5, 5.41) is 0.832. The monoisotopic (exact) mass is 245 g/mol. The van der Waals surface area contributed by atoms with E-state index in [1.54, 1.807) is 0 Å². The molecule has 5 nitrogen and oxygen atoms in total. The Labute approximate surface area is 107 Å². The smallest absolute Gasteiger partial charge is 0.224 e. The molecule has 0 bridgehead atoms. The number of hydrogen-bond acceptors (Lipinski definition) is 5. The predicted octanol–water partition coefficient (Wildman–Crippen LogP) is 2.23. The lowest BCUT2D eigenvalue weighted by atomic mass is 10.0. The normalized spacial score (nSPS) is 11.0. The molecule has 18 heavy (non-hydrogen) atoms. The summed E-state index contributed by atoms with van der Waals surface area (Å²) in [6.45, 7) is 4.24. The van der Waals surface area contributed by atoms with E-state index in [1.165, 1.54) is 24.8 Å². The van der Waals surface area contributed by atoms with Gasteiger partial charge < -0.3 is 11.5 Å². The molecule has 0 aromatic carbocycles. The van der Waals surface area contributed by atoms with E-state index >= 15 is 0 Å². The van der Waals surface area contributed by atoms with Crippen molar-refractivity contribution >= 4 is 22.8 Å². The van der Waals surface area contributed by atoms with E-state index in [0.29, 0.717) is 11.5 Å². The van der Waals surface area contributed by atoms with E-state index in [4.69, 9.17) is 11.5 Å². The van der Waals surface area contributed by atoms with Crippen molar-refractivity contribution in [2.75, 3.05) is 11.5 Å². The Hall–Kier alpha value is -1.91. The highest BCUT2D eigenvalue weighted by Crippen LogP contribution is 2.24. The Balaban J connectivity index is 2.43. The highest BCUT2D eigenvalue weighted by atomic mass is 15.1. The van der Waals surface area contributed by atoms with Crippen molar-refractivity contribution in [3.05, 3.63) is 17.3 Å². The Bertz CT molecular complexity index is 565. The second-order valence-electron chi connectivity index (χ2n) is 4.53. The van der Waals surface area contributed by atoms with Gasteiger partial charge in [0.25, 0.3) is 0 Å². The summed E-state index contributed by atoms with van der Waals surface area (Å²) >= 11 is 0. The molecule has 96 valence electrons. The number of unbranched alkanes of at least 4 members (excludes halogenated alkanes) is 2. The number of aryl methyl sites for hydroxylation is 2. The number of aromatic nitrogens is 3. The zero-order chi connectivity index (χ0) is 13.1.